The van der Waals surface area contributed by atoms with Crippen molar-refractivity contribution in [3.05, 3.63) is 34.1 Å². The third-order valence-corrected chi connectivity index (χ3v) is 3.93. The van der Waals surface area contributed by atoms with Gasteiger partial charge in [-0.3, -0.25) is 0 Å². The molecule has 3 rings (SSSR count). The van der Waals surface area contributed by atoms with E-state index in [4.69, 9.17) is 10.2 Å². The fourth-order valence-corrected chi connectivity index (χ4v) is 2.08. The highest BCUT2D eigenvalue weighted by atomic mass is 79.9. The maximum Gasteiger partial charge on any atom is 0.324 e. The highest BCUT2D eigenvalue weighted by molar-refractivity contribution is 9.10. The molecule has 5 nitrogen and oxygen atoms in total. The highest BCUT2D eigenvalue weighted by Crippen LogP contribution is 2.25. The number of fused-ring (bicyclic) bond motifs is 1. The van der Waals surface area contributed by atoms with Crippen LogP contribution >= 0.6 is 15.9 Å². The number of oxazole rings is 1. The van der Waals surface area contributed by atoms with E-state index in [9.17, 15) is 0 Å². The molecule has 2 N–H and O–H groups in total. The van der Waals surface area contributed by atoms with Crippen LogP contribution in [0.1, 0.15) is 11.4 Å². The summed E-state index contributed by atoms with van der Waals surface area (Å²) in [5.74, 6) is 0. The average Bonchev–Trinajstić information content (AvgIpc) is 2.85. The molecule has 0 radical (unpaired) electrons. The molecule has 18 heavy (non-hydrogen) atoms. The monoisotopic (exact) mass is 306 g/mol. The molecule has 6 heteroatoms. The second-order valence-corrected chi connectivity index (χ2v) is 4.91. The van der Waals surface area contributed by atoms with E-state index in [0.29, 0.717) is 17.3 Å². The van der Waals surface area contributed by atoms with Gasteiger partial charge < -0.3 is 10.2 Å². The fourth-order valence-electron chi connectivity index (χ4n) is 1.83. The first-order chi connectivity index (χ1) is 8.56. The summed E-state index contributed by atoms with van der Waals surface area (Å²) in [4.78, 5) is 4.39. The maximum atomic E-state index is 5.72. The first-order valence-corrected chi connectivity index (χ1v) is 6.23. The van der Waals surface area contributed by atoms with Gasteiger partial charge in [-0.05, 0) is 48.0 Å². The van der Waals surface area contributed by atoms with Crippen LogP contribution in [-0.2, 0) is 0 Å². The van der Waals surface area contributed by atoms with Crippen molar-refractivity contribution in [3.8, 4) is 6.01 Å². The minimum Gasteiger partial charge on any atom is -0.422 e. The van der Waals surface area contributed by atoms with Gasteiger partial charge in [0, 0.05) is 5.69 Å². The topological polar surface area (TPSA) is 69.9 Å². The lowest BCUT2D eigenvalue weighted by Gasteiger charge is -1.96. The predicted octanol–water partition coefficient (Wildman–Crippen LogP) is 2.98. The van der Waals surface area contributed by atoms with Gasteiger partial charge in [0.2, 0.25) is 0 Å². The van der Waals surface area contributed by atoms with Crippen molar-refractivity contribution in [2.24, 2.45) is 0 Å². The minimum atomic E-state index is 0.446. The summed E-state index contributed by atoms with van der Waals surface area (Å²) >= 11 is 3.48. The molecule has 2 aromatic heterocycles. The number of hydrogen-bond donors (Lipinski definition) is 1. The summed E-state index contributed by atoms with van der Waals surface area (Å²) in [7, 11) is 0. The number of nitrogen functional groups attached to an aromatic ring is 1. The van der Waals surface area contributed by atoms with Crippen LogP contribution in [0.3, 0.4) is 0 Å². The molecule has 0 amide bonds. The summed E-state index contributed by atoms with van der Waals surface area (Å²) in [5, 5.41) is 4.38. The first kappa shape index (κ1) is 11.3. The molecule has 0 bridgehead atoms. The zero-order valence-electron chi connectivity index (χ0n) is 9.94. The molecule has 2 heterocycles. The van der Waals surface area contributed by atoms with E-state index in [1.54, 1.807) is 16.8 Å². The van der Waals surface area contributed by atoms with E-state index in [2.05, 4.69) is 26.0 Å². The number of rotatable bonds is 1. The van der Waals surface area contributed by atoms with Crippen molar-refractivity contribution < 1.29 is 4.42 Å². The Labute approximate surface area is 112 Å². The van der Waals surface area contributed by atoms with Crippen molar-refractivity contribution in [1.82, 2.24) is 14.8 Å². The fraction of sp³-hybridized carbons (Fsp3) is 0.167. The van der Waals surface area contributed by atoms with Gasteiger partial charge in [0.15, 0.2) is 5.58 Å². The number of halogens is 1. The molecule has 0 fully saturated rings. The molecule has 92 valence electrons. The van der Waals surface area contributed by atoms with Crippen molar-refractivity contribution in [1.29, 1.82) is 0 Å². The maximum absolute atomic E-state index is 5.72. The number of hydrogen-bond acceptors (Lipinski definition) is 4. The summed E-state index contributed by atoms with van der Waals surface area (Å²) in [6, 6.07) is 5.82. The quantitative estimate of drug-likeness (QED) is 0.702. The van der Waals surface area contributed by atoms with Crippen molar-refractivity contribution in [2.45, 2.75) is 13.8 Å². The van der Waals surface area contributed by atoms with E-state index in [1.807, 2.05) is 19.9 Å². The lowest BCUT2D eigenvalue weighted by atomic mass is 10.3. The summed E-state index contributed by atoms with van der Waals surface area (Å²) in [5.41, 5.74) is 9.66. The van der Waals surface area contributed by atoms with Gasteiger partial charge in [0.1, 0.15) is 5.52 Å². The van der Waals surface area contributed by atoms with E-state index >= 15 is 0 Å². The Hall–Kier alpha value is -1.82. The second-order valence-electron chi connectivity index (χ2n) is 4.12. The molecule has 0 aliphatic heterocycles. The molecule has 1 aromatic carbocycles. The second kappa shape index (κ2) is 3.84. The van der Waals surface area contributed by atoms with Crippen LogP contribution in [0, 0.1) is 13.8 Å². The molecule has 0 aliphatic rings. The van der Waals surface area contributed by atoms with E-state index < -0.39 is 0 Å². The van der Waals surface area contributed by atoms with Crippen molar-refractivity contribution in [2.75, 3.05) is 5.73 Å². The Kier molecular flexibility index (Phi) is 2.41. The number of nitrogens with zero attached hydrogens (tertiary/aromatic N) is 3. The van der Waals surface area contributed by atoms with Gasteiger partial charge in [-0.25, -0.2) is 0 Å². The van der Waals surface area contributed by atoms with Crippen LogP contribution in [0.25, 0.3) is 17.1 Å². The predicted molar refractivity (Wildman–Crippen MR) is 72.7 cm³/mol. The number of anilines is 1. The molecule has 0 spiro atoms. The van der Waals surface area contributed by atoms with Crippen LogP contribution < -0.4 is 5.73 Å². The van der Waals surface area contributed by atoms with Crippen LogP contribution in [-0.4, -0.2) is 14.8 Å². The Balaban J connectivity index is 2.22. The lowest BCUT2D eigenvalue weighted by Crippen LogP contribution is -1.98. The SMILES string of the molecule is Cc1nn(-c2nc3cc(N)ccc3o2)c(C)c1Br. The first-order valence-electron chi connectivity index (χ1n) is 5.44. The molecule has 0 unspecified atom stereocenters. The summed E-state index contributed by atoms with van der Waals surface area (Å²) in [6.07, 6.45) is 0. The van der Waals surface area contributed by atoms with Gasteiger partial charge in [-0.1, -0.05) is 0 Å². The number of aryl methyl sites for hydroxylation is 1. The van der Waals surface area contributed by atoms with Gasteiger partial charge >= 0.3 is 6.01 Å². The van der Waals surface area contributed by atoms with Crippen LogP contribution in [0.4, 0.5) is 5.69 Å². The number of benzene rings is 1. The highest BCUT2D eigenvalue weighted by Gasteiger charge is 2.15. The number of aromatic nitrogens is 3. The van der Waals surface area contributed by atoms with Crippen LogP contribution in [0.15, 0.2) is 27.1 Å². The molecule has 0 atom stereocenters. The van der Waals surface area contributed by atoms with Gasteiger partial charge in [0.05, 0.1) is 15.9 Å². The Morgan fingerprint density at radius 3 is 2.78 bits per heavy atom. The minimum absolute atomic E-state index is 0.446. The zero-order valence-corrected chi connectivity index (χ0v) is 11.5. The molecular formula is C12H11BrN4O. The normalized spacial score (nSPS) is 11.3. The standard InChI is InChI=1S/C12H11BrN4O/c1-6-11(13)7(2)17(16-6)12-15-9-5-8(14)3-4-10(9)18-12/h3-5H,14H2,1-2H3. The van der Waals surface area contributed by atoms with Crippen LogP contribution in [0.5, 0.6) is 0 Å². The molecule has 0 saturated heterocycles. The average molecular weight is 307 g/mol. The van der Waals surface area contributed by atoms with Gasteiger partial charge in [-0.2, -0.15) is 14.8 Å². The van der Waals surface area contributed by atoms with E-state index in [-0.39, 0.29) is 0 Å². The van der Waals surface area contributed by atoms with Crippen LogP contribution in [0.2, 0.25) is 0 Å². The summed E-state index contributed by atoms with van der Waals surface area (Å²) < 4.78 is 8.31. The third-order valence-electron chi connectivity index (χ3n) is 2.78. The molecule has 0 aliphatic carbocycles. The van der Waals surface area contributed by atoms with E-state index in [1.165, 1.54) is 0 Å². The van der Waals surface area contributed by atoms with Gasteiger partial charge in [0.25, 0.3) is 0 Å². The Morgan fingerprint density at radius 2 is 2.11 bits per heavy atom. The third kappa shape index (κ3) is 1.60. The number of nitrogens with two attached hydrogens (primary N) is 1. The smallest absolute Gasteiger partial charge is 0.324 e. The van der Waals surface area contributed by atoms with Crippen molar-refractivity contribution >= 4 is 32.7 Å². The Bertz CT molecular complexity index is 744. The zero-order chi connectivity index (χ0) is 12.9. The lowest BCUT2D eigenvalue weighted by molar-refractivity contribution is 0.536. The molecule has 3 aromatic rings. The Morgan fingerprint density at radius 1 is 1.33 bits per heavy atom. The molecular weight excluding hydrogens is 296 g/mol. The molecule has 0 saturated carbocycles. The summed E-state index contributed by atoms with van der Waals surface area (Å²) in [6.45, 7) is 3.88. The van der Waals surface area contributed by atoms with E-state index in [0.717, 1.165) is 21.4 Å². The largest absolute Gasteiger partial charge is 0.422 e. The van der Waals surface area contributed by atoms with Crippen molar-refractivity contribution in [3.63, 3.8) is 0 Å². The van der Waals surface area contributed by atoms with Gasteiger partial charge in [-0.15, -0.1) is 0 Å².